The van der Waals surface area contributed by atoms with Crippen molar-refractivity contribution < 1.29 is 0 Å². The van der Waals surface area contributed by atoms with Crippen LogP contribution in [0.15, 0.2) is 24.5 Å². The van der Waals surface area contributed by atoms with Gasteiger partial charge in [-0.25, -0.2) is 9.97 Å². The van der Waals surface area contributed by atoms with Crippen LogP contribution in [0.5, 0.6) is 0 Å². The van der Waals surface area contributed by atoms with E-state index in [0.717, 1.165) is 24.4 Å². The molecule has 146 valence electrons. The van der Waals surface area contributed by atoms with Crippen LogP contribution in [0, 0.1) is 0 Å². The summed E-state index contributed by atoms with van der Waals surface area (Å²) in [5.74, 6) is 1.64. The predicted octanol–water partition coefficient (Wildman–Crippen LogP) is 3.36. The summed E-state index contributed by atoms with van der Waals surface area (Å²) < 4.78 is 0. The highest BCUT2D eigenvalue weighted by atomic mass is 15.3. The van der Waals surface area contributed by atoms with Crippen molar-refractivity contribution in [3.8, 4) is 0 Å². The molecular weight excluding hydrogens is 334 g/mol. The van der Waals surface area contributed by atoms with Gasteiger partial charge in [0.2, 0.25) is 0 Å². The van der Waals surface area contributed by atoms with Gasteiger partial charge in [0.15, 0.2) is 0 Å². The monoisotopic (exact) mass is 367 g/mol. The molecule has 1 atom stereocenters. The summed E-state index contributed by atoms with van der Waals surface area (Å²) in [4.78, 5) is 17.0. The highest BCUT2D eigenvalue weighted by molar-refractivity contribution is 5.90. The van der Waals surface area contributed by atoms with Gasteiger partial charge in [0.1, 0.15) is 12.1 Å². The predicted molar refractivity (Wildman–Crippen MR) is 113 cm³/mol. The fourth-order valence-electron chi connectivity index (χ4n) is 4.52. The quantitative estimate of drug-likeness (QED) is 0.828. The molecule has 0 amide bonds. The van der Waals surface area contributed by atoms with Crippen molar-refractivity contribution >= 4 is 16.7 Å². The maximum absolute atomic E-state index is 4.69. The lowest BCUT2D eigenvalue weighted by Crippen LogP contribution is -2.52. The molecular formula is C22H33N5. The Bertz CT molecular complexity index is 779. The maximum atomic E-state index is 4.69. The van der Waals surface area contributed by atoms with Crippen molar-refractivity contribution in [2.45, 2.75) is 52.1 Å². The number of benzene rings is 1. The van der Waals surface area contributed by atoms with E-state index in [1.165, 1.54) is 43.5 Å². The van der Waals surface area contributed by atoms with E-state index in [1.807, 2.05) is 0 Å². The number of anilines is 1. The molecule has 0 radical (unpaired) electrons. The van der Waals surface area contributed by atoms with Gasteiger partial charge in [0.05, 0.1) is 5.52 Å². The average molecular weight is 368 g/mol. The average Bonchev–Trinajstić information content (AvgIpc) is 3.17. The number of fused-ring (bicyclic) bond motifs is 1. The molecule has 1 aromatic carbocycles. The Labute approximate surface area is 163 Å². The van der Waals surface area contributed by atoms with E-state index < -0.39 is 0 Å². The topological polar surface area (TPSA) is 35.5 Å². The summed E-state index contributed by atoms with van der Waals surface area (Å²) in [5, 5.41) is 1.20. The standard InChI is InChI=1S/C22H33N5/c1-16(2)18-5-6-21-20(13-18)22(24-15-23-21)27-8-7-19(14-27)26-11-9-25(10-12-26)17(3)4/h5-6,13,15-17,19H,7-12,14H2,1-4H3. The molecule has 1 aromatic heterocycles. The van der Waals surface area contributed by atoms with Crippen LogP contribution >= 0.6 is 0 Å². The Hall–Kier alpha value is -1.72. The van der Waals surface area contributed by atoms with Crippen LogP contribution < -0.4 is 4.90 Å². The minimum absolute atomic E-state index is 0.519. The highest BCUT2D eigenvalue weighted by Crippen LogP contribution is 2.30. The van der Waals surface area contributed by atoms with Crippen LogP contribution in [0.3, 0.4) is 0 Å². The van der Waals surface area contributed by atoms with Crippen molar-refractivity contribution in [2.24, 2.45) is 0 Å². The minimum Gasteiger partial charge on any atom is -0.354 e. The number of nitrogens with zero attached hydrogens (tertiary/aromatic N) is 5. The minimum atomic E-state index is 0.519. The van der Waals surface area contributed by atoms with Crippen molar-refractivity contribution in [1.82, 2.24) is 19.8 Å². The molecule has 2 aliphatic rings. The third kappa shape index (κ3) is 3.81. The Morgan fingerprint density at radius 1 is 0.963 bits per heavy atom. The normalized spacial score (nSPS) is 22.4. The number of hydrogen-bond acceptors (Lipinski definition) is 5. The van der Waals surface area contributed by atoms with Crippen LogP contribution in [0.1, 0.15) is 45.6 Å². The van der Waals surface area contributed by atoms with Crippen LogP contribution in [0.2, 0.25) is 0 Å². The third-order valence-corrected chi connectivity index (χ3v) is 6.36. The lowest BCUT2D eigenvalue weighted by Gasteiger charge is -2.39. The highest BCUT2D eigenvalue weighted by Gasteiger charge is 2.31. The van der Waals surface area contributed by atoms with Crippen LogP contribution in [0.4, 0.5) is 5.82 Å². The summed E-state index contributed by atoms with van der Waals surface area (Å²) in [7, 11) is 0. The second-order valence-corrected chi connectivity index (χ2v) is 8.68. The molecule has 1 unspecified atom stereocenters. The van der Waals surface area contributed by atoms with Crippen molar-refractivity contribution in [2.75, 3.05) is 44.2 Å². The molecule has 4 rings (SSSR count). The van der Waals surface area contributed by atoms with E-state index in [0.29, 0.717) is 18.0 Å². The SMILES string of the molecule is CC(C)c1ccc2ncnc(N3CCC(N4CCN(C(C)C)CC4)C3)c2c1. The van der Waals surface area contributed by atoms with Crippen molar-refractivity contribution in [3.63, 3.8) is 0 Å². The van der Waals surface area contributed by atoms with Crippen LogP contribution in [-0.2, 0) is 0 Å². The van der Waals surface area contributed by atoms with Crippen molar-refractivity contribution in [1.29, 1.82) is 0 Å². The first kappa shape index (κ1) is 18.6. The van der Waals surface area contributed by atoms with Gasteiger partial charge in [-0.15, -0.1) is 0 Å². The van der Waals surface area contributed by atoms with E-state index in [4.69, 9.17) is 4.98 Å². The van der Waals surface area contributed by atoms with Gasteiger partial charge >= 0.3 is 0 Å². The molecule has 0 aliphatic carbocycles. The summed E-state index contributed by atoms with van der Waals surface area (Å²) in [6, 6.07) is 7.95. The molecule has 5 heteroatoms. The Morgan fingerprint density at radius 2 is 1.74 bits per heavy atom. The van der Waals surface area contributed by atoms with Gasteiger partial charge in [0.25, 0.3) is 0 Å². The van der Waals surface area contributed by atoms with E-state index in [9.17, 15) is 0 Å². The van der Waals surface area contributed by atoms with E-state index in [1.54, 1.807) is 6.33 Å². The summed E-state index contributed by atoms with van der Waals surface area (Å²) in [6.07, 6.45) is 2.96. The van der Waals surface area contributed by atoms with Gasteiger partial charge in [0, 0.05) is 56.7 Å². The van der Waals surface area contributed by atoms with Gasteiger partial charge in [-0.05, 0) is 43.9 Å². The number of rotatable bonds is 4. The zero-order chi connectivity index (χ0) is 19.0. The molecule has 0 saturated carbocycles. The van der Waals surface area contributed by atoms with Gasteiger partial charge in [-0.3, -0.25) is 9.80 Å². The first-order valence-electron chi connectivity index (χ1n) is 10.5. The third-order valence-electron chi connectivity index (χ3n) is 6.36. The van der Waals surface area contributed by atoms with E-state index in [-0.39, 0.29) is 0 Å². The largest absolute Gasteiger partial charge is 0.354 e. The molecule has 2 saturated heterocycles. The first-order chi connectivity index (χ1) is 13.0. The summed E-state index contributed by atoms with van der Waals surface area (Å²) >= 11 is 0. The molecule has 2 fully saturated rings. The first-order valence-corrected chi connectivity index (χ1v) is 10.5. The maximum Gasteiger partial charge on any atom is 0.139 e. The fraction of sp³-hybridized carbons (Fsp3) is 0.636. The molecule has 0 spiro atoms. The molecule has 2 aliphatic heterocycles. The van der Waals surface area contributed by atoms with Gasteiger partial charge in [-0.2, -0.15) is 0 Å². The van der Waals surface area contributed by atoms with Gasteiger partial charge < -0.3 is 4.90 Å². The Morgan fingerprint density at radius 3 is 2.44 bits per heavy atom. The molecule has 5 nitrogen and oxygen atoms in total. The van der Waals surface area contributed by atoms with E-state index in [2.05, 4.69) is 65.6 Å². The smallest absolute Gasteiger partial charge is 0.139 e. The summed E-state index contributed by atoms with van der Waals surface area (Å²) in [6.45, 7) is 16.0. The number of piperazine rings is 1. The molecule has 0 bridgehead atoms. The lowest BCUT2D eigenvalue weighted by molar-refractivity contribution is 0.0842. The number of aromatic nitrogens is 2. The van der Waals surface area contributed by atoms with E-state index >= 15 is 0 Å². The van der Waals surface area contributed by atoms with Crippen LogP contribution in [-0.4, -0.2) is 71.1 Å². The zero-order valence-electron chi connectivity index (χ0n) is 17.2. The summed E-state index contributed by atoms with van der Waals surface area (Å²) in [5.41, 5.74) is 2.41. The molecule has 0 N–H and O–H groups in total. The van der Waals surface area contributed by atoms with Crippen molar-refractivity contribution in [3.05, 3.63) is 30.1 Å². The Kier molecular flexibility index (Phi) is 5.33. The second kappa shape index (κ2) is 7.72. The molecule has 27 heavy (non-hydrogen) atoms. The van der Waals surface area contributed by atoms with Crippen LogP contribution in [0.25, 0.3) is 10.9 Å². The zero-order valence-corrected chi connectivity index (χ0v) is 17.2. The number of hydrogen-bond donors (Lipinski definition) is 0. The second-order valence-electron chi connectivity index (χ2n) is 8.68. The lowest BCUT2D eigenvalue weighted by atomic mass is 10.0. The molecule has 3 heterocycles. The van der Waals surface area contributed by atoms with Gasteiger partial charge in [-0.1, -0.05) is 19.9 Å². The Balaban J connectivity index is 1.50. The fourth-order valence-corrected chi connectivity index (χ4v) is 4.52. The molecule has 2 aromatic rings.